The van der Waals surface area contributed by atoms with Crippen molar-refractivity contribution in [2.75, 3.05) is 7.11 Å². The summed E-state index contributed by atoms with van der Waals surface area (Å²) in [5.74, 6) is -1.46. The van der Waals surface area contributed by atoms with Crippen molar-refractivity contribution in [1.29, 1.82) is 0 Å². The molecule has 4 N–H and O–H groups in total. The van der Waals surface area contributed by atoms with Crippen LogP contribution in [0.4, 0.5) is 0 Å². The van der Waals surface area contributed by atoms with E-state index in [0.717, 1.165) is 6.42 Å². The number of carbonyl (C=O) groups excluding carboxylic acids is 2. The van der Waals surface area contributed by atoms with Gasteiger partial charge in [0, 0.05) is 48.0 Å². The number of allylic oxidation sites excluding steroid dienone is 2. The Hall–Kier alpha value is -2.28. The number of nitrogens with one attached hydrogen (secondary N) is 1. The zero-order valence-electron chi connectivity index (χ0n) is 30.4. The lowest BCUT2D eigenvalue weighted by Crippen LogP contribution is -2.52. The van der Waals surface area contributed by atoms with Crippen molar-refractivity contribution in [1.82, 2.24) is 5.32 Å². The first-order valence-corrected chi connectivity index (χ1v) is 18.1. The topological polar surface area (TPSA) is 147 Å². The summed E-state index contributed by atoms with van der Waals surface area (Å²) in [6.45, 7) is 12.6. The molecule has 0 bridgehead atoms. The fraction of sp³-hybridized carbons (Fsp3) is 0.632. The van der Waals surface area contributed by atoms with E-state index in [9.17, 15) is 24.9 Å². The van der Waals surface area contributed by atoms with Crippen LogP contribution in [0.15, 0.2) is 54.2 Å². The average molecular weight is 741 g/mol. The predicted molar refractivity (Wildman–Crippen MR) is 194 cm³/mol. The molecule has 3 rings (SSSR count). The third kappa shape index (κ3) is 11.6. The Morgan fingerprint density at radius 1 is 1.22 bits per heavy atom. The highest BCUT2D eigenvalue weighted by atomic mass is 35.5. The van der Waals surface area contributed by atoms with Crippen LogP contribution in [0.3, 0.4) is 0 Å². The van der Waals surface area contributed by atoms with Gasteiger partial charge in [0.25, 0.3) is 0 Å². The third-order valence-corrected chi connectivity index (χ3v) is 10.5. The Kier molecular flexibility index (Phi) is 15.6. The number of methoxy groups -OCH3 is 1. The highest BCUT2D eigenvalue weighted by molar-refractivity contribution is 6.35. The Labute approximate surface area is 306 Å². The minimum Gasteiger partial charge on any atom is -0.457 e. The van der Waals surface area contributed by atoms with Crippen molar-refractivity contribution in [3.8, 4) is 0 Å². The van der Waals surface area contributed by atoms with Gasteiger partial charge in [-0.05, 0) is 63.8 Å². The van der Waals surface area contributed by atoms with E-state index in [2.05, 4.69) is 19.2 Å². The molecular weight excluding hydrogens is 685 g/mol. The van der Waals surface area contributed by atoms with Gasteiger partial charge in [0.05, 0.1) is 36.4 Å². The van der Waals surface area contributed by atoms with Gasteiger partial charge in [0.2, 0.25) is 0 Å². The van der Waals surface area contributed by atoms with E-state index >= 15 is 0 Å². The standard InChI is InChI=1S/C38H55Cl2NO9/c1-9-30(47-8)24(4)34-35(50-34)36(41-21-27-28(39)13-10-14-29(27)40)38(7,46)18-11-12-22(2)33-23(3)15-16-31(48-25(5)42)37(6,45)19-17-26(43)20-32(44)49-33/h10-16,18,23-24,26,30-31,33-36,41,43,45-46H,9,17,19-21H2,1-8H3/b16-15+,18-11+,22-12+/t23-,24+,26+,30-,31-,33?,34+,35?,36?,37+,38?/m0/s1. The van der Waals surface area contributed by atoms with Crippen molar-refractivity contribution >= 4 is 35.1 Å². The zero-order valence-corrected chi connectivity index (χ0v) is 31.9. The summed E-state index contributed by atoms with van der Waals surface area (Å²) in [4.78, 5) is 24.7. The molecule has 50 heavy (non-hydrogen) atoms. The van der Waals surface area contributed by atoms with E-state index < -0.39 is 53.4 Å². The molecule has 0 spiro atoms. The number of carbonyl (C=O) groups is 2. The van der Waals surface area contributed by atoms with Gasteiger partial charge in [-0.15, -0.1) is 0 Å². The van der Waals surface area contributed by atoms with Gasteiger partial charge in [-0.2, -0.15) is 0 Å². The maximum atomic E-state index is 12.9. The Bertz CT molecular complexity index is 1370. The van der Waals surface area contributed by atoms with Crippen LogP contribution >= 0.6 is 23.2 Å². The summed E-state index contributed by atoms with van der Waals surface area (Å²) in [6, 6.07) is 4.74. The monoisotopic (exact) mass is 739 g/mol. The highest BCUT2D eigenvalue weighted by Gasteiger charge is 2.54. The van der Waals surface area contributed by atoms with E-state index in [1.165, 1.54) is 13.8 Å². The number of halogens is 2. The molecule has 11 atom stereocenters. The maximum absolute atomic E-state index is 12.9. The molecule has 10 nitrogen and oxygen atoms in total. The fourth-order valence-corrected chi connectivity index (χ4v) is 7.11. The molecule has 2 aliphatic heterocycles. The number of hydrogen-bond acceptors (Lipinski definition) is 10. The average Bonchev–Trinajstić information content (AvgIpc) is 3.82. The highest BCUT2D eigenvalue weighted by Crippen LogP contribution is 2.39. The maximum Gasteiger partial charge on any atom is 0.309 e. The lowest BCUT2D eigenvalue weighted by Gasteiger charge is -2.32. The molecule has 0 aromatic heterocycles. The molecule has 1 aromatic rings. The van der Waals surface area contributed by atoms with Crippen molar-refractivity contribution in [2.24, 2.45) is 11.8 Å². The number of hydrogen-bond donors (Lipinski definition) is 4. The van der Waals surface area contributed by atoms with Gasteiger partial charge in [-0.1, -0.05) is 74.3 Å². The molecular formula is C38H55Cl2NO9. The van der Waals surface area contributed by atoms with Crippen LogP contribution < -0.4 is 5.32 Å². The van der Waals surface area contributed by atoms with Crippen LogP contribution in [-0.4, -0.2) is 88.2 Å². The van der Waals surface area contributed by atoms with Gasteiger partial charge in [0.15, 0.2) is 0 Å². The molecule has 1 aromatic carbocycles. The van der Waals surface area contributed by atoms with Crippen LogP contribution in [0.25, 0.3) is 0 Å². The van der Waals surface area contributed by atoms with E-state index in [4.69, 9.17) is 42.1 Å². The van der Waals surface area contributed by atoms with Crippen molar-refractivity contribution in [3.05, 3.63) is 69.8 Å². The second kappa shape index (κ2) is 18.5. The number of rotatable bonds is 13. The zero-order chi connectivity index (χ0) is 37.4. The lowest BCUT2D eigenvalue weighted by atomic mass is 9.87. The molecule has 0 radical (unpaired) electrons. The number of benzene rings is 1. The van der Waals surface area contributed by atoms with Gasteiger partial charge in [0.1, 0.15) is 23.9 Å². The summed E-state index contributed by atoms with van der Waals surface area (Å²) in [7, 11) is 1.69. The number of esters is 2. The molecule has 2 heterocycles. The normalized spacial score (nSPS) is 31.8. The molecule has 0 amide bonds. The summed E-state index contributed by atoms with van der Waals surface area (Å²) in [5, 5.41) is 38.0. The summed E-state index contributed by atoms with van der Waals surface area (Å²) in [5.41, 5.74) is -1.51. The quantitative estimate of drug-likeness (QED) is 0.0839. The molecule has 1 saturated heterocycles. The lowest BCUT2D eigenvalue weighted by molar-refractivity contribution is -0.157. The number of ether oxygens (including phenoxy) is 4. The van der Waals surface area contributed by atoms with Crippen LogP contribution in [0.2, 0.25) is 10.0 Å². The van der Waals surface area contributed by atoms with E-state index in [0.29, 0.717) is 27.7 Å². The molecule has 280 valence electrons. The van der Waals surface area contributed by atoms with Crippen LogP contribution in [0.1, 0.15) is 79.7 Å². The van der Waals surface area contributed by atoms with E-state index in [1.807, 2.05) is 6.92 Å². The molecule has 12 heteroatoms. The summed E-state index contributed by atoms with van der Waals surface area (Å²) >= 11 is 12.9. The molecule has 1 fully saturated rings. The number of aliphatic hydroxyl groups is 3. The van der Waals surface area contributed by atoms with Gasteiger partial charge < -0.3 is 39.6 Å². The van der Waals surface area contributed by atoms with Gasteiger partial charge in [-0.3, -0.25) is 9.59 Å². The second-order valence-electron chi connectivity index (χ2n) is 14.1. The number of aliphatic hydroxyl groups excluding tert-OH is 1. The van der Waals surface area contributed by atoms with Crippen molar-refractivity contribution < 1.29 is 43.9 Å². The van der Waals surface area contributed by atoms with Gasteiger partial charge >= 0.3 is 11.9 Å². The van der Waals surface area contributed by atoms with E-state index in [1.54, 1.807) is 69.5 Å². The SMILES string of the molecule is CC[C@H](OC)[C@@H](C)[C@H]1OC1C(NCc1c(Cl)cccc1Cl)C(C)(O)/C=C/C=C(\C)C1OC(=O)C[C@H](O)CC[C@@](C)(O)[C@@H](OC(C)=O)/C=C/[C@@H]1C. The third-order valence-electron chi connectivity index (χ3n) is 9.75. The second-order valence-corrected chi connectivity index (χ2v) is 14.9. The molecule has 0 saturated carbocycles. The number of epoxide rings is 1. The van der Waals surface area contributed by atoms with Crippen LogP contribution in [0, 0.1) is 11.8 Å². The predicted octanol–water partition coefficient (Wildman–Crippen LogP) is 5.87. The minimum absolute atomic E-state index is 0.00373. The van der Waals surface area contributed by atoms with Crippen molar-refractivity contribution in [2.45, 2.75) is 135 Å². The summed E-state index contributed by atoms with van der Waals surface area (Å²) < 4.78 is 23.1. The smallest absolute Gasteiger partial charge is 0.309 e. The Balaban J connectivity index is 1.90. The molecule has 4 unspecified atom stereocenters. The molecule has 2 aliphatic rings. The molecule has 0 aliphatic carbocycles. The first-order valence-electron chi connectivity index (χ1n) is 17.3. The minimum atomic E-state index is -1.47. The van der Waals surface area contributed by atoms with Crippen LogP contribution in [0.5, 0.6) is 0 Å². The first-order chi connectivity index (χ1) is 23.4. The van der Waals surface area contributed by atoms with Crippen molar-refractivity contribution in [3.63, 3.8) is 0 Å². The van der Waals surface area contributed by atoms with Gasteiger partial charge in [-0.25, -0.2) is 0 Å². The Morgan fingerprint density at radius 3 is 2.48 bits per heavy atom. The Morgan fingerprint density at radius 2 is 1.88 bits per heavy atom. The number of cyclic esters (lactones) is 1. The summed E-state index contributed by atoms with van der Waals surface area (Å²) in [6.07, 6.45) is 5.97. The van der Waals surface area contributed by atoms with E-state index in [-0.39, 0.29) is 43.5 Å². The first kappa shape index (κ1) is 42.1. The fourth-order valence-electron chi connectivity index (χ4n) is 6.58. The largest absolute Gasteiger partial charge is 0.457 e. The van der Waals surface area contributed by atoms with Crippen LogP contribution in [-0.2, 0) is 35.1 Å².